The lowest BCUT2D eigenvalue weighted by Gasteiger charge is -2.40. The van der Waals surface area contributed by atoms with Crippen LogP contribution in [0.4, 0.5) is 0 Å². The fourth-order valence-corrected chi connectivity index (χ4v) is 2.48. The van der Waals surface area contributed by atoms with Crippen molar-refractivity contribution in [3.63, 3.8) is 0 Å². The number of rotatable bonds is 5. The first-order chi connectivity index (χ1) is 10.1. The van der Waals surface area contributed by atoms with Gasteiger partial charge in [0.15, 0.2) is 0 Å². The van der Waals surface area contributed by atoms with E-state index in [0.29, 0.717) is 13.2 Å². The number of nitrogens with zero attached hydrogens (tertiary/aromatic N) is 2. The summed E-state index contributed by atoms with van der Waals surface area (Å²) < 4.78 is 10.8. The highest BCUT2D eigenvalue weighted by Gasteiger charge is 2.30. The van der Waals surface area contributed by atoms with Crippen molar-refractivity contribution >= 4 is 5.97 Å². The first-order valence-corrected chi connectivity index (χ1v) is 7.29. The highest BCUT2D eigenvalue weighted by molar-refractivity contribution is 5.75. The third kappa shape index (κ3) is 4.27. The highest BCUT2D eigenvalue weighted by Crippen LogP contribution is 2.14. The first kappa shape index (κ1) is 15.9. The molecule has 0 aliphatic carbocycles. The summed E-state index contributed by atoms with van der Waals surface area (Å²) in [6, 6.07) is 9.89. The van der Waals surface area contributed by atoms with Gasteiger partial charge in [0.2, 0.25) is 0 Å². The summed E-state index contributed by atoms with van der Waals surface area (Å²) >= 11 is 0. The van der Waals surface area contributed by atoms with Crippen molar-refractivity contribution in [2.24, 2.45) is 0 Å². The van der Waals surface area contributed by atoms with E-state index in [1.165, 1.54) is 7.11 Å². The maximum atomic E-state index is 11.7. The molecule has 2 rings (SSSR count). The molecule has 1 aromatic carbocycles. The van der Waals surface area contributed by atoms with Crippen LogP contribution < -0.4 is 0 Å². The summed E-state index contributed by atoms with van der Waals surface area (Å²) in [5, 5.41) is 0. The molecule has 0 amide bonds. The molecule has 116 valence electrons. The fourth-order valence-electron chi connectivity index (χ4n) is 2.48. The van der Waals surface area contributed by atoms with Crippen molar-refractivity contribution in [1.29, 1.82) is 0 Å². The first-order valence-electron chi connectivity index (χ1n) is 7.29. The molecule has 0 spiro atoms. The number of carbonyl (C=O) groups is 1. The Morgan fingerprint density at radius 1 is 1.33 bits per heavy atom. The maximum absolute atomic E-state index is 11.7. The van der Waals surface area contributed by atoms with Gasteiger partial charge in [0, 0.05) is 19.6 Å². The van der Waals surface area contributed by atoms with Crippen LogP contribution in [0.25, 0.3) is 0 Å². The van der Waals surface area contributed by atoms with Crippen molar-refractivity contribution in [2.45, 2.75) is 25.8 Å². The molecule has 0 bridgehead atoms. The molecule has 0 radical (unpaired) electrons. The molecule has 1 heterocycles. The Hall–Kier alpha value is -1.43. The van der Waals surface area contributed by atoms with Crippen molar-refractivity contribution in [2.75, 3.05) is 33.8 Å². The van der Waals surface area contributed by atoms with Gasteiger partial charge >= 0.3 is 5.97 Å². The van der Waals surface area contributed by atoms with E-state index in [9.17, 15) is 4.79 Å². The van der Waals surface area contributed by atoms with Crippen LogP contribution in [0.1, 0.15) is 12.5 Å². The average molecular weight is 292 g/mol. The molecule has 1 fully saturated rings. The Kier molecular flexibility index (Phi) is 5.73. The highest BCUT2D eigenvalue weighted by atomic mass is 16.5. The van der Waals surface area contributed by atoms with E-state index in [1.54, 1.807) is 0 Å². The van der Waals surface area contributed by atoms with Crippen LogP contribution in [0.5, 0.6) is 0 Å². The summed E-state index contributed by atoms with van der Waals surface area (Å²) in [6.07, 6.45) is -0.00828. The molecule has 0 unspecified atom stereocenters. The zero-order chi connectivity index (χ0) is 15.2. The number of hydrogen-bond donors (Lipinski definition) is 0. The summed E-state index contributed by atoms with van der Waals surface area (Å²) in [6.45, 7) is 4.89. The monoisotopic (exact) mass is 292 g/mol. The second-order valence-electron chi connectivity index (χ2n) is 5.43. The summed E-state index contributed by atoms with van der Waals surface area (Å²) in [5.74, 6) is -0.193. The van der Waals surface area contributed by atoms with E-state index in [-0.39, 0.29) is 18.2 Å². The van der Waals surface area contributed by atoms with Crippen molar-refractivity contribution < 1.29 is 14.3 Å². The Morgan fingerprint density at radius 3 is 2.71 bits per heavy atom. The SMILES string of the molecule is COC(=O)[C@@H](C)N1CCN(C)[C@H](OCc2ccccc2)C1. The Bertz CT molecular complexity index is 452. The predicted octanol–water partition coefficient (Wildman–Crippen LogP) is 1.34. The molecule has 21 heavy (non-hydrogen) atoms. The van der Waals surface area contributed by atoms with E-state index in [2.05, 4.69) is 29.0 Å². The van der Waals surface area contributed by atoms with Gasteiger partial charge < -0.3 is 9.47 Å². The molecule has 5 nitrogen and oxygen atoms in total. The van der Waals surface area contributed by atoms with E-state index in [0.717, 1.165) is 18.7 Å². The van der Waals surface area contributed by atoms with Crippen LogP contribution >= 0.6 is 0 Å². The molecule has 1 aliphatic rings. The number of ether oxygens (including phenoxy) is 2. The summed E-state index contributed by atoms with van der Waals surface area (Å²) in [5.41, 5.74) is 1.16. The third-order valence-electron chi connectivity index (χ3n) is 4.00. The molecule has 1 aromatic rings. The summed E-state index contributed by atoms with van der Waals surface area (Å²) in [7, 11) is 3.48. The lowest BCUT2D eigenvalue weighted by Crippen LogP contribution is -2.56. The van der Waals surface area contributed by atoms with Gasteiger partial charge in [-0.05, 0) is 19.5 Å². The normalized spacial score (nSPS) is 22.0. The van der Waals surface area contributed by atoms with Crippen molar-refractivity contribution in [3.8, 4) is 0 Å². The quantitative estimate of drug-likeness (QED) is 0.766. The zero-order valence-electron chi connectivity index (χ0n) is 13.0. The number of hydrogen-bond acceptors (Lipinski definition) is 5. The van der Waals surface area contributed by atoms with Gasteiger partial charge in [-0.15, -0.1) is 0 Å². The van der Waals surface area contributed by atoms with E-state index in [4.69, 9.17) is 9.47 Å². The van der Waals surface area contributed by atoms with Crippen LogP contribution in [-0.4, -0.2) is 61.8 Å². The molecule has 1 aliphatic heterocycles. The Morgan fingerprint density at radius 2 is 2.05 bits per heavy atom. The maximum Gasteiger partial charge on any atom is 0.322 e. The van der Waals surface area contributed by atoms with Crippen LogP contribution in [0.15, 0.2) is 30.3 Å². The minimum atomic E-state index is -0.230. The molecular formula is C16H24N2O3. The average Bonchev–Trinajstić information content (AvgIpc) is 2.53. The van der Waals surface area contributed by atoms with E-state index in [1.807, 2.05) is 25.1 Å². The minimum Gasteiger partial charge on any atom is -0.468 e. The minimum absolute atomic E-state index is 0.00828. The van der Waals surface area contributed by atoms with Gasteiger partial charge in [0.1, 0.15) is 12.3 Å². The number of methoxy groups -OCH3 is 1. The lowest BCUT2D eigenvalue weighted by atomic mass is 10.2. The second-order valence-corrected chi connectivity index (χ2v) is 5.43. The number of likely N-dealkylation sites (N-methyl/N-ethyl adjacent to an activating group) is 1. The molecule has 0 N–H and O–H groups in total. The van der Waals surface area contributed by atoms with Gasteiger partial charge in [-0.1, -0.05) is 30.3 Å². The van der Waals surface area contributed by atoms with Crippen LogP contribution in [-0.2, 0) is 20.9 Å². The Labute approximate surface area is 126 Å². The van der Waals surface area contributed by atoms with E-state index < -0.39 is 0 Å². The molecule has 1 saturated heterocycles. The third-order valence-corrected chi connectivity index (χ3v) is 4.00. The van der Waals surface area contributed by atoms with Crippen LogP contribution in [0, 0.1) is 0 Å². The molecule has 2 atom stereocenters. The number of carbonyl (C=O) groups excluding carboxylic acids is 1. The number of piperazine rings is 1. The van der Waals surface area contributed by atoms with Gasteiger partial charge in [-0.25, -0.2) is 0 Å². The standard InChI is InChI=1S/C16H24N2O3/c1-13(16(19)20-3)18-10-9-17(2)15(11-18)21-12-14-7-5-4-6-8-14/h4-8,13,15H,9-12H2,1-3H3/t13-,15-/m1/s1. The van der Waals surface area contributed by atoms with Gasteiger partial charge in [0.05, 0.1) is 13.7 Å². The Balaban J connectivity index is 1.90. The largest absolute Gasteiger partial charge is 0.468 e. The fraction of sp³-hybridized carbons (Fsp3) is 0.562. The van der Waals surface area contributed by atoms with Crippen LogP contribution in [0.2, 0.25) is 0 Å². The van der Waals surface area contributed by atoms with E-state index >= 15 is 0 Å². The van der Waals surface area contributed by atoms with Crippen molar-refractivity contribution in [1.82, 2.24) is 9.80 Å². The lowest BCUT2D eigenvalue weighted by molar-refractivity contribution is -0.152. The molecular weight excluding hydrogens is 268 g/mol. The zero-order valence-corrected chi connectivity index (χ0v) is 13.0. The van der Waals surface area contributed by atoms with Gasteiger partial charge in [-0.3, -0.25) is 14.6 Å². The molecule has 0 saturated carbocycles. The van der Waals surface area contributed by atoms with Gasteiger partial charge in [0.25, 0.3) is 0 Å². The smallest absolute Gasteiger partial charge is 0.322 e. The van der Waals surface area contributed by atoms with Gasteiger partial charge in [-0.2, -0.15) is 0 Å². The van der Waals surface area contributed by atoms with Crippen LogP contribution in [0.3, 0.4) is 0 Å². The molecule has 5 heteroatoms. The predicted molar refractivity (Wildman–Crippen MR) is 80.7 cm³/mol. The number of benzene rings is 1. The summed E-state index contributed by atoms with van der Waals surface area (Å²) in [4.78, 5) is 16.0. The van der Waals surface area contributed by atoms with Crippen molar-refractivity contribution in [3.05, 3.63) is 35.9 Å². The molecule has 0 aromatic heterocycles. The second kappa shape index (κ2) is 7.54. The topological polar surface area (TPSA) is 42.0 Å². The number of esters is 1.